The number of nitro benzene ring substituents is 1. The molecule has 0 aliphatic heterocycles. The highest BCUT2D eigenvalue weighted by atomic mass is 32.1. The molecule has 122 valence electrons. The van der Waals surface area contributed by atoms with E-state index in [1.54, 1.807) is 24.1 Å². The van der Waals surface area contributed by atoms with Crippen LogP contribution in [0.15, 0.2) is 60.7 Å². The molecule has 2 rings (SSSR count). The third kappa shape index (κ3) is 4.72. The molecule has 0 aromatic heterocycles. The molecule has 0 saturated carbocycles. The lowest BCUT2D eigenvalue weighted by Gasteiger charge is -2.19. The number of hydrogen-bond acceptors (Lipinski definition) is 4. The molecule has 0 aliphatic carbocycles. The molecule has 0 aliphatic rings. The summed E-state index contributed by atoms with van der Waals surface area (Å²) >= 11 is 5.19. The molecule has 1 amide bonds. The molecule has 0 spiro atoms. The molecule has 0 saturated heterocycles. The van der Waals surface area contributed by atoms with E-state index in [1.165, 1.54) is 24.3 Å². The molecule has 0 atom stereocenters. The fourth-order valence-electron chi connectivity index (χ4n) is 1.91. The first-order chi connectivity index (χ1) is 11.5. The topological polar surface area (TPSA) is 75.5 Å². The van der Waals surface area contributed by atoms with Gasteiger partial charge >= 0.3 is 0 Å². The lowest BCUT2D eigenvalue weighted by Crippen LogP contribution is -2.39. The number of nitro groups is 1. The number of nitrogens with one attached hydrogen (secondary N) is 1. The van der Waals surface area contributed by atoms with Crippen LogP contribution < -0.4 is 10.2 Å². The summed E-state index contributed by atoms with van der Waals surface area (Å²) in [6.45, 7) is 0. The van der Waals surface area contributed by atoms with Crippen LogP contribution in [0.4, 0.5) is 11.4 Å². The zero-order valence-electron chi connectivity index (χ0n) is 12.9. The number of anilines is 1. The highest BCUT2D eigenvalue weighted by Gasteiger charge is 2.09. The van der Waals surface area contributed by atoms with Crippen LogP contribution in [0.25, 0.3) is 6.08 Å². The number of para-hydroxylation sites is 1. The Morgan fingerprint density at radius 2 is 1.92 bits per heavy atom. The van der Waals surface area contributed by atoms with Gasteiger partial charge in [-0.15, -0.1) is 0 Å². The van der Waals surface area contributed by atoms with E-state index in [0.29, 0.717) is 5.56 Å². The van der Waals surface area contributed by atoms with Gasteiger partial charge in [0.25, 0.3) is 5.69 Å². The molecule has 1 N–H and O–H groups in total. The monoisotopic (exact) mass is 341 g/mol. The Kier molecular flexibility index (Phi) is 5.75. The van der Waals surface area contributed by atoms with Crippen molar-refractivity contribution in [3.05, 3.63) is 76.4 Å². The van der Waals surface area contributed by atoms with E-state index in [0.717, 1.165) is 5.69 Å². The Bertz CT molecular complexity index is 791. The van der Waals surface area contributed by atoms with Gasteiger partial charge in [-0.1, -0.05) is 30.3 Å². The average Bonchev–Trinajstić information content (AvgIpc) is 2.60. The van der Waals surface area contributed by atoms with Crippen LogP contribution in [0.2, 0.25) is 0 Å². The number of amides is 1. The van der Waals surface area contributed by atoms with E-state index < -0.39 is 10.8 Å². The van der Waals surface area contributed by atoms with Crippen LogP contribution in [0.1, 0.15) is 5.56 Å². The van der Waals surface area contributed by atoms with Crippen LogP contribution in [-0.2, 0) is 4.79 Å². The molecule has 2 aromatic rings. The Labute approximate surface area is 144 Å². The minimum Gasteiger partial charge on any atom is -0.322 e. The Hall–Kier alpha value is -3.06. The van der Waals surface area contributed by atoms with Crippen LogP contribution >= 0.6 is 12.2 Å². The fourth-order valence-corrected chi connectivity index (χ4v) is 2.12. The molecule has 0 unspecified atom stereocenters. The predicted molar refractivity (Wildman–Crippen MR) is 97.7 cm³/mol. The van der Waals surface area contributed by atoms with Crippen LogP contribution in [0.3, 0.4) is 0 Å². The third-order valence-electron chi connectivity index (χ3n) is 3.19. The molecular formula is C17H15N3O3S. The van der Waals surface area contributed by atoms with Gasteiger partial charge in [0, 0.05) is 30.9 Å². The van der Waals surface area contributed by atoms with Gasteiger partial charge in [0.2, 0.25) is 5.91 Å². The Morgan fingerprint density at radius 1 is 1.21 bits per heavy atom. The van der Waals surface area contributed by atoms with E-state index >= 15 is 0 Å². The first-order valence-electron chi connectivity index (χ1n) is 7.03. The van der Waals surface area contributed by atoms with Crippen molar-refractivity contribution < 1.29 is 9.72 Å². The number of nitrogens with zero attached hydrogens (tertiary/aromatic N) is 2. The lowest BCUT2D eigenvalue weighted by atomic mass is 10.2. The van der Waals surface area contributed by atoms with Crippen LogP contribution in [0, 0.1) is 10.1 Å². The molecule has 0 bridgehead atoms. The molecule has 0 heterocycles. The molecule has 6 nitrogen and oxygen atoms in total. The van der Waals surface area contributed by atoms with Gasteiger partial charge in [0.1, 0.15) is 0 Å². The molecular weight excluding hydrogens is 326 g/mol. The second-order valence-corrected chi connectivity index (χ2v) is 5.26. The first-order valence-corrected chi connectivity index (χ1v) is 7.44. The summed E-state index contributed by atoms with van der Waals surface area (Å²) < 4.78 is 0. The fraction of sp³-hybridized carbons (Fsp3) is 0.0588. The quantitative estimate of drug-likeness (QED) is 0.400. The summed E-state index contributed by atoms with van der Waals surface area (Å²) in [5.41, 5.74) is 1.38. The van der Waals surface area contributed by atoms with Crippen molar-refractivity contribution in [2.45, 2.75) is 0 Å². The van der Waals surface area contributed by atoms with Crippen molar-refractivity contribution in [1.82, 2.24) is 5.32 Å². The number of carbonyl (C=O) groups excluding carboxylic acids is 1. The summed E-state index contributed by atoms with van der Waals surface area (Å²) in [7, 11) is 1.75. The van der Waals surface area contributed by atoms with Gasteiger partial charge in [-0.2, -0.15) is 0 Å². The van der Waals surface area contributed by atoms with E-state index in [-0.39, 0.29) is 10.8 Å². The SMILES string of the molecule is CN(C(=S)NC(=O)/C=C/c1cccc([N+](=O)[O-])c1)c1ccccc1. The van der Waals surface area contributed by atoms with E-state index in [2.05, 4.69) is 5.32 Å². The highest BCUT2D eigenvalue weighted by molar-refractivity contribution is 7.80. The second kappa shape index (κ2) is 7.98. The maximum atomic E-state index is 11.9. The second-order valence-electron chi connectivity index (χ2n) is 4.87. The van der Waals surface area contributed by atoms with Crippen molar-refractivity contribution in [3.8, 4) is 0 Å². The number of rotatable bonds is 4. The van der Waals surface area contributed by atoms with E-state index in [9.17, 15) is 14.9 Å². The maximum absolute atomic E-state index is 11.9. The van der Waals surface area contributed by atoms with Gasteiger partial charge in [0.05, 0.1) is 4.92 Å². The van der Waals surface area contributed by atoms with Crippen molar-refractivity contribution in [3.63, 3.8) is 0 Å². The van der Waals surface area contributed by atoms with Gasteiger partial charge in [-0.25, -0.2) is 0 Å². The lowest BCUT2D eigenvalue weighted by molar-refractivity contribution is -0.384. The summed E-state index contributed by atoms with van der Waals surface area (Å²) in [6, 6.07) is 15.4. The van der Waals surface area contributed by atoms with E-state index in [1.807, 2.05) is 30.3 Å². The van der Waals surface area contributed by atoms with Crippen LogP contribution in [-0.4, -0.2) is 23.0 Å². The largest absolute Gasteiger partial charge is 0.322 e. The van der Waals surface area contributed by atoms with Crippen molar-refractivity contribution in [2.75, 3.05) is 11.9 Å². The van der Waals surface area contributed by atoms with E-state index in [4.69, 9.17) is 12.2 Å². The van der Waals surface area contributed by atoms with Crippen molar-refractivity contribution in [2.24, 2.45) is 0 Å². The molecule has 24 heavy (non-hydrogen) atoms. The summed E-state index contributed by atoms with van der Waals surface area (Å²) in [5.74, 6) is -0.408. The number of hydrogen-bond donors (Lipinski definition) is 1. The normalized spacial score (nSPS) is 10.4. The summed E-state index contributed by atoms with van der Waals surface area (Å²) in [6.07, 6.45) is 2.78. The van der Waals surface area contributed by atoms with Crippen molar-refractivity contribution >= 4 is 40.7 Å². The zero-order chi connectivity index (χ0) is 17.5. The minimum absolute atomic E-state index is 0.0307. The average molecular weight is 341 g/mol. The summed E-state index contributed by atoms with van der Waals surface area (Å²) in [4.78, 5) is 23.9. The van der Waals surface area contributed by atoms with Crippen LogP contribution in [0.5, 0.6) is 0 Å². The molecule has 0 fully saturated rings. The zero-order valence-corrected chi connectivity index (χ0v) is 13.7. The molecule has 0 radical (unpaired) electrons. The molecule has 7 heteroatoms. The van der Waals surface area contributed by atoms with Crippen molar-refractivity contribution in [1.29, 1.82) is 0 Å². The van der Waals surface area contributed by atoms with Gasteiger partial charge in [0.15, 0.2) is 5.11 Å². The first kappa shape index (κ1) is 17.3. The predicted octanol–water partition coefficient (Wildman–Crippen LogP) is 3.15. The standard InChI is InChI=1S/C17H15N3O3S/c1-19(14-7-3-2-4-8-14)17(24)18-16(21)11-10-13-6-5-9-15(12-13)20(22)23/h2-12H,1H3,(H,18,21,24)/b11-10+. The van der Waals surface area contributed by atoms with Gasteiger partial charge < -0.3 is 4.90 Å². The molecule has 2 aromatic carbocycles. The smallest absolute Gasteiger partial charge is 0.270 e. The number of non-ortho nitro benzene ring substituents is 1. The van der Waals surface area contributed by atoms with Gasteiger partial charge in [-0.05, 0) is 36.0 Å². The number of thiocarbonyl (C=S) groups is 1. The Morgan fingerprint density at radius 3 is 2.58 bits per heavy atom. The van der Waals surface area contributed by atoms with Gasteiger partial charge in [-0.3, -0.25) is 20.2 Å². The highest BCUT2D eigenvalue weighted by Crippen LogP contribution is 2.14. The number of benzene rings is 2. The third-order valence-corrected chi connectivity index (χ3v) is 3.56. The Balaban J connectivity index is 1.99. The number of carbonyl (C=O) groups is 1. The summed E-state index contributed by atoms with van der Waals surface area (Å²) in [5, 5.41) is 13.6. The maximum Gasteiger partial charge on any atom is 0.270 e. The minimum atomic E-state index is -0.485.